The summed E-state index contributed by atoms with van der Waals surface area (Å²) in [5.41, 5.74) is 1.19. The summed E-state index contributed by atoms with van der Waals surface area (Å²) >= 11 is 1.58. The molecule has 1 aliphatic rings. The summed E-state index contributed by atoms with van der Waals surface area (Å²) in [7, 11) is 0. The van der Waals surface area contributed by atoms with Crippen LogP contribution in [0.1, 0.15) is 39.0 Å². The molecule has 1 saturated heterocycles. The molecule has 0 spiro atoms. The van der Waals surface area contributed by atoms with Gasteiger partial charge in [0.1, 0.15) is 0 Å². The van der Waals surface area contributed by atoms with Gasteiger partial charge in [-0.1, -0.05) is 0 Å². The van der Waals surface area contributed by atoms with Gasteiger partial charge in [-0.15, -0.1) is 11.3 Å². The van der Waals surface area contributed by atoms with Crippen LogP contribution in [0.15, 0.2) is 36.7 Å². The van der Waals surface area contributed by atoms with Crippen LogP contribution in [0.4, 0.5) is 0 Å². The quantitative estimate of drug-likeness (QED) is 0.839. The largest absolute Gasteiger partial charge is 0.331 e. The number of aromatic nitrogens is 1. The van der Waals surface area contributed by atoms with Crippen molar-refractivity contribution in [3.63, 3.8) is 0 Å². The SMILES string of the molecule is Cc1ccc(C(=O)N2CCC[C@H]2c2ccncc2)s1. The number of rotatable bonds is 2. The lowest BCUT2D eigenvalue weighted by Crippen LogP contribution is -2.29. The average Bonchev–Trinajstić information content (AvgIpc) is 3.07. The van der Waals surface area contributed by atoms with E-state index in [1.807, 2.05) is 36.1 Å². The van der Waals surface area contributed by atoms with E-state index >= 15 is 0 Å². The molecular weight excluding hydrogens is 256 g/mol. The molecule has 1 atom stereocenters. The summed E-state index contributed by atoms with van der Waals surface area (Å²) in [5, 5.41) is 0. The maximum atomic E-state index is 12.6. The van der Waals surface area contributed by atoms with E-state index in [9.17, 15) is 4.79 Å². The number of hydrogen-bond donors (Lipinski definition) is 0. The Balaban J connectivity index is 1.86. The highest BCUT2D eigenvalue weighted by Gasteiger charge is 2.30. The molecule has 4 heteroatoms. The Morgan fingerprint density at radius 1 is 1.32 bits per heavy atom. The lowest BCUT2D eigenvalue weighted by molar-refractivity contribution is 0.0740. The molecule has 1 amide bonds. The van der Waals surface area contributed by atoms with Crippen LogP contribution < -0.4 is 0 Å². The van der Waals surface area contributed by atoms with Crippen molar-refractivity contribution in [3.8, 4) is 0 Å². The number of aryl methyl sites for hydroxylation is 1. The van der Waals surface area contributed by atoms with Crippen LogP contribution in [0.25, 0.3) is 0 Å². The minimum Gasteiger partial charge on any atom is -0.331 e. The van der Waals surface area contributed by atoms with Gasteiger partial charge in [-0.2, -0.15) is 0 Å². The van der Waals surface area contributed by atoms with Crippen LogP contribution in [0.5, 0.6) is 0 Å². The third kappa shape index (κ3) is 2.40. The van der Waals surface area contributed by atoms with Crippen molar-refractivity contribution in [2.24, 2.45) is 0 Å². The summed E-state index contributed by atoms with van der Waals surface area (Å²) in [6, 6.07) is 8.17. The number of hydrogen-bond acceptors (Lipinski definition) is 3. The van der Waals surface area contributed by atoms with Gasteiger partial charge in [0.2, 0.25) is 0 Å². The molecule has 0 radical (unpaired) electrons. The Bertz CT molecular complexity index is 579. The van der Waals surface area contributed by atoms with Crippen molar-refractivity contribution in [2.45, 2.75) is 25.8 Å². The number of likely N-dealkylation sites (tertiary alicyclic amines) is 1. The Kier molecular flexibility index (Phi) is 3.34. The van der Waals surface area contributed by atoms with Gasteiger partial charge in [0, 0.05) is 23.8 Å². The Labute approximate surface area is 116 Å². The zero-order valence-electron chi connectivity index (χ0n) is 10.9. The van der Waals surface area contributed by atoms with Crippen LogP contribution in [0, 0.1) is 6.92 Å². The third-order valence-corrected chi connectivity index (χ3v) is 4.54. The highest BCUT2D eigenvalue weighted by molar-refractivity contribution is 7.13. The monoisotopic (exact) mass is 272 g/mol. The van der Waals surface area contributed by atoms with Crippen molar-refractivity contribution >= 4 is 17.2 Å². The molecule has 0 N–H and O–H groups in total. The second-order valence-electron chi connectivity index (χ2n) is 4.85. The lowest BCUT2D eigenvalue weighted by atomic mass is 10.1. The molecule has 0 saturated carbocycles. The fraction of sp³-hybridized carbons (Fsp3) is 0.333. The number of carbonyl (C=O) groups excluding carboxylic acids is 1. The van der Waals surface area contributed by atoms with E-state index in [4.69, 9.17) is 0 Å². The van der Waals surface area contributed by atoms with Gasteiger partial charge in [0.05, 0.1) is 10.9 Å². The van der Waals surface area contributed by atoms with Gasteiger partial charge in [0.25, 0.3) is 5.91 Å². The van der Waals surface area contributed by atoms with E-state index in [2.05, 4.69) is 4.98 Å². The summed E-state index contributed by atoms with van der Waals surface area (Å²) in [5.74, 6) is 0.164. The molecule has 0 aliphatic carbocycles. The van der Waals surface area contributed by atoms with Gasteiger partial charge in [0.15, 0.2) is 0 Å². The van der Waals surface area contributed by atoms with E-state index in [1.165, 1.54) is 10.4 Å². The van der Waals surface area contributed by atoms with Crippen molar-refractivity contribution in [1.82, 2.24) is 9.88 Å². The van der Waals surface area contributed by atoms with E-state index in [-0.39, 0.29) is 11.9 Å². The van der Waals surface area contributed by atoms with E-state index in [0.29, 0.717) is 0 Å². The predicted molar refractivity (Wildman–Crippen MR) is 76.3 cm³/mol. The number of nitrogens with zero attached hydrogens (tertiary/aromatic N) is 2. The van der Waals surface area contributed by atoms with Crippen molar-refractivity contribution in [2.75, 3.05) is 6.54 Å². The highest BCUT2D eigenvalue weighted by Crippen LogP contribution is 2.33. The number of pyridine rings is 1. The molecule has 1 fully saturated rings. The fourth-order valence-corrected chi connectivity index (χ4v) is 3.46. The smallest absolute Gasteiger partial charge is 0.264 e. The molecule has 98 valence electrons. The molecule has 19 heavy (non-hydrogen) atoms. The molecular formula is C15H16N2OS. The molecule has 2 aromatic heterocycles. The number of amides is 1. The van der Waals surface area contributed by atoms with E-state index < -0.39 is 0 Å². The topological polar surface area (TPSA) is 33.2 Å². The van der Waals surface area contributed by atoms with Gasteiger partial charge in [-0.05, 0) is 49.6 Å². The molecule has 0 aromatic carbocycles. The maximum absolute atomic E-state index is 12.6. The maximum Gasteiger partial charge on any atom is 0.264 e. The molecule has 0 unspecified atom stereocenters. The molecule has 3 heterocycles. The van der Waals surface area contributed by atoms with Crippen molar-refractivity contribution in [3.05, 3.63) is 52.0 Å². The first-order valence-corrected chi connectivity index (χ1v) is 7.34. The number of thiophene rings is 1. The van der Waals surface area contributed by atoms with Crippen molar-refractivity contribution < 1.29 is 4.79 Å². The van der Waals surface area contributed by atoms with Crippen LogP contribution >= 0.6 is 11.3 Å². The summed E-state index contributed by atoms with van der Waals surface area (Å²) < 4.78 is 0. The Hall–Kier alpha value is -1.68. The minimum atomic E-state index is 0.164. The molecule has 2 aromatic rings. The molecule has 3 nitrogen and oxygen atoms in total. The standard InChI is InChI=1S/C15H16N2OS/c1-11-4-5-14(19-11)15(18)17-10-2-3-13(17)12-6-8-16-9-7-12/h4-9,13H,2-3,10H2,1H3/t13-/m0/s1. The van der Waals surface area contributed by atoms with Gasteiger partial charge < -0.3 is 4.90 Å². The first kappa shape index (κ1) is 12.4. The van der Waals surface area contributed by atoms with Crippen LogP contribution in [0.2, 0.25) is 0 Å². The first-order valence-electron chi connectivity index (χ1n) is 6.53. The van der Waals surface area contributed by atoms with Crippen LogP contribution in [-0.4, -0.2) is 22.3 Å². The fourth-order valence-electron chi connectivity index (χ4n) is 2.63. The third-order valence-electron chi connectivity index (χ3n) is 3.56. The van der Waals surface area contributed by atoms with E-state index in [1.54, 1.807) is 23.7 Å². The summed E-state index contributed by atoms with van der Waals surface area (Å²) in [6.45, 7) is 2.88. The summed E-state index contributed by atoms with van der Waals surface area (Å²) in [4.78, 5) is 20.6. The van der Waals surface area contributed by atoms with Crippen LogP contribution in [-0.2, 0) is 0 Å². The first-order chi connectivity index (χ1) is 9.25. The second kappa shape index (κ2) is 5.13. The van der Waals surface area contributed by atoms with Crippen molar-refractivity contribution in [1.29, 1.82) is 0 Å². The van der Waals surface area contributed by atoms with Crippen LogP contribution in [0.3, 0.4) is 0 Å². The highest BCUT2D eigenvalue weighted by atomic mass is 32.1. The molecule has 0 bridgehead atoms. The second-order valence-corrected chi connectivity index (χ2v) is 6.14. The summed E-state index contributed by atoms with van der Waals surface area (Å²) in [6.07, 6.45) is 5.71. The van der Waals surface area contributed by atoms with E-state index in [0.717, 1.165) is 24.3 Å². The average molecular weight is 272 g/mol. The predicted octanol–water partition coefficient (Wildman–Crippen LogP) is 3.43. The van der Waals surface area contributed by atoms with Gasteiger partial charge in [-0.25, -0.2) is 0 Å². The Morgan fingerprint density at radius 3 is 2.79 bits per heavy atom. The van der Waals surface area contributed by atoms with Gasteiger partial charge in [-0.3, -0.25) is 9.78 Å². The zero-order valence-corrected chi connectivity index (χ0v) is 11.7. The zero-order chi connectivity index (χ0) is 13.2. The lowest BCUT2D eigenvalue weighted by Gasteiger charge is -2.24. The number of carbonyl (C=O) groups is 1. The Morgan fingerprint density at radius 2 is 2.11 bits per heavy atom. The van der Waals surface area contributed by atoms with Gasteiger partial charge >= 0.3 is 0 Å². The normalized spacial score (nSPS) is 18.8. The molecule has 3 rings (SSSR count). The molecule has 1 aliphatic heterocycles. The minimum absolute atomic E-state index is 0.164.